The van der Waals surface area contributed by atoms with Crippen molar-refractivity contribution in [2.45, 2.75) is 35.4 Å². The SMILES string of the molecule is ClC1CCCC(c2ccccc2)(c2ccccc2)C1Cl. The van der Waals surface area contributed by atoms with Crippen molar-refractivity contribution in [2.24, 2.45) is 0 Å². The fourth-order valence-corrected chi connectivity index (χ4v) is 4.27. The molecule has 2 aromatic rings. The van der Waals surface area contributed by atoms with E-state index in [1.807, 2.05) is 12.1 Å². The zero-order chi connectivity index (χ0) is 14.0. The maximum absolute atomic E-state index is 6.83. The van der Waals surface area contributed by atoms with E-state index in [-0.39, 0.29) is 16.2 Å². The van der Waals surface area contributed by atoms with Crippen molar-refractivity contribution in [3.8, 4) is 0 Å². The zero-order valence-electron chi connectivity index (χ0n) is 11.3. The standard InChI is InChI=1S/C18H18Cl2/c19-16-12-7-13-18(17(16)20,14-8-3-1-4-9-14)15-10-5-2-6-11-15/h1-6,8-11,16-17H,7,12-13H2. The molecular weight excluding hydrogens is 287 g/mol. The molecule has 2 aromatic carbocycles. The van der Waals surface area contributed by atoms with Gasteiger partial charge < -0.3 is 0 Å². The lowest BCUT2D eigenvalue weighted by Crippen LogP contribution is -2.45. The third kappa shape index (κ3) is 2.25. The molecule has 0 saturated heterocycles. The highest BCUT2D eigenvalue weighted by atomic mass is 35.5. The van der Waals surface area contributed by atoms with E-state index >= 15 is 0 Å². The van der Waals surface area contributed by atoms with Gasteiger partial charge in [0.1, 0.15) is 0 Å². The molecule has 0 N–H and O–H groups in total. The number of benzene rings is 2. The molecule has 2 heteroatoms. The molecule has 1 aliphatic carbocycles. The smallest absolute Gasteiger partial charge is 0.0636 e. The third-order valence-electron chi connectivity index (χ3n) is 4.42. The summed E-state index contributed by atoms with van der Waals surface area (Å²) >= 11 is 13.3. The van der Waals surface area contributed by atoms with Gasteiger partial charge in [-0.25, -0.2) is 0 Å². The molecular formula is C18H18Cl2. The summed E-state index contributed by atoms with van der Waals surface area (Å²) in [6.45, 7) is 0. The Morgan fingerprint density at radius 1 is 0.800 bits per heavy atom. The Labute approximate surface area is 130 Å². The number of hydrogen-bond acceptors (Lipinski definition) is 0. The summed E-state index contributed by atoms with van der Waals surface area (Å²) in [6, 6.07) is 21.1. The van der Waals surface area contributed by atoms with Gasteiger partial charge in [0.15, 0.2) is 0 Å². The molecule has 0 aromatic heterocycles. The third-order valence-corrected chi connectivity index (χ3v) is 5.69. The first-order chi connectivity index (χ1) is 9.75. The lowest BCUT2D eigenvalue weighted by Gasteiger charge is -2.44. The molecule has 3 rings (SSSR count). The van der Waals surface area contributed by atoms with Crippen LogP contribution in [0.5, 0.6) is 0 Å². The van der Waals surface area contributed by atoms with Crippen molar-refractivity contribution in [1.29, 1.82) is 0 Å². The average Bonchev–Trinajstić information content (AvgIpc) is 2.52. The van der Waals surface area contributed by atoms with Crippen LogP contribution < -0.4 is 0 Å². The Morgan fingerprint density at radius 2 is 1.30 bits per heavy atom. The summed E-state index contributed by atoms with van der Waals surface area (Å²) in [4.78, 5) is 0. The molecule has 104 valence electrons. The highest BCUT2D eigenvalue weighted by molar-refractivity contribution is 6.31. The van der Waals surface area contributed by atoms with E-state index in [2.05, 4.69) is 48.5 Å². The number of halogens is 2. The van der Waals surface area contributed by atoms with Crippen LogP contribution in [0.4, 0.5) is 0 Å². The molecule has 0 bridgehead atoms. The Bertz CT molecular complexity index is 511. The fraction of sp³-hybridized carbons (Fsp3) is 0.333. The van der Waals surface area contributed by atoms with Crippen molar-refractivity contribution < 1.29 is 0 Å². The van der Waals surface area contributed by atoms with Crippen LogP contribution >= 0.6 is 23.2 Å². The van der Waals surface area contributed by atoms with Crippen LogP contribution in [0, 0.1) is 0 Å². The first-order valence-corrected chi connectivity index (χ1v) is 8.01. The Kier molecular flexibility index (Phi) is 4.05. The second-order valence-electron chi connectivity index (χ2n) is 5.51. The van der Waals surface area contributed by atoms with E-state index < -0.39 is 0 Å². The summed E-state index contributed by atoms with van der Waals surface area (Å²) in [5.41, 5.74) is 2.38. The van der Waals surface area contributed by atoms with Crippen molar-refractivity contribution in [2.75, 3.05) is 0 Å². The molecule has 1 aliphatic rings. The lowest BCUT2D eigenvalue weighted by atomic mass is 9.65. The van der Waals surface area contributed by atoms with Crippen LogP contribution in [-0.2, 0) is 5.41 Å². The monoisotopic (exact) mass is 304 g/mol. The maximum atomic E-state index is 6.83. The molecule has 1 fully saturated rings. The minimum absolute atomic E-state index is 0.0193. The van der Waals surface area contributed by atoms with Gasteiger partial charge in [-0.1, -0.05) is 67.1 Å². The minimum Gasteiger partial charge on any atom is -0.121 e. The van der Waals surface area contributed by atoms with Gasteiger partial charge in [-0.05, 0) is 24.0 Å². The Balaban J connectivity index is 2.18. The van der Waals surface area contributed by atoms with Gasteiger partial charge in [-0.15, -0.1) is 23.2 Å². The minimum atomic E-state index is -0.172. The Morgan fingerprint density at radius 3 is 1.80 bits per heavy atom. The second kappa shape index (κ2) is 5.79. The van der Waals surface area contributed by atoms with Crippen LogP contribution in [-0.4, -0.2) is 10.8 Å². The van der Waals surface area contributed by atoms with Crippen LogP contribution in [0.2, 0.25) is 0 Å². The molecule has 1 saturated carbocycles. The summed E-state index contributed by atoms with van der Waals surface area (Å²) in [5.74, 6) is 0. The summed E-state index contributed by atoms with van der Waals surface area (Å²) in [5, 5.41) is -0.0615. The average molecular weight is 305 g/mol. The van der Waals surface area contributed by atoms with E-state index in [0.717, 1.165) is 19.3 Å². The van der Waals surface area contributed by atoms with Gasteiger partial charge in [-0.2, -0.15) is 0 Å². The quantitative estimate of drug-likeness (QED) is 0.654. The van der Waals surface area contributed by atoms with Crippen LogP contribution in [0.25, 0.3) is 0 Å². The summed E-state index contributed by atoms with van der Waals surface area (Å²) < 4.78 is 0. The van der Waals surface area contributed by atoms with Gasteiger partial charge >= 0.3 is 0 Å². The van der Waals surface area contributed by atoms with E-state index in [9.17, 15) is 0 Å². The Hall–Kier alpha value is -0.980. The van der Waals surface area contributed by atoms with E-state index in [0.29, 0.717) is 0 Å². The van der Waals surface area contributed by atoms with Crippen LogP contribution in [0.1, 0.15) is 30.4 Å². The molecule has 0 amide bonds. The topological polar surface area (TPSA) is 0 Å². The first kappa shape index (κ1) is 14.0. The van der Waals surface area contributed by atoms with Crippen LogP contribution in [0.15, 0.2) is 60.7 Å². The predicted molar refractivity (Wildman–Crippen MR) is 86.8 cm³/mol. The molecule has 0 nitrogen and oxygen atoms in total. The fourth-order valence-electron chi connectivity index (χ4n) is 3.41. The molecule has 20 heavy (non-hydrogen) atoms. The van der Waals surface area contributed by atoms with Gasteiger partial charge in [0.2, 0.25) is 0 Å². The molecule has 2 atom stereocenters. The first-order valence-electron chi connectivity index (χ1n) is 7.14. The second-order valence-corrected chi connectivity index (χ2v) is 6.54. The number of hydrogen-bond donors (Lipinski definition) is 0. The van der Waals surface area contributed by atoms with Crippen molar-refractivity contribution in [1.82, 2.24) is 0 Å². The van der Waals surface area contributed by atoms with Crippen molar-refractivity contribution >= 4 is 23.2 Å². The molecule has 0 spiro atoms. The van der Waals surface area contributed by atoms with Gasteiger partial charge in [-0.3, -0.25) is 0 Å². The van der Waals surface area contributed by atoms with Crippen molar-refractivity contribution in [3.63, 3.8) is 0 Å². The zero-order valence-corrected chi connectivity index (χ0v) is 12.8. The molecule has 0 aliphatic heterocycles. The van der Waals surface area contributed by atoms with E-state index in [1.54, 1.807) is 0 Å². The number of alkyl halides is 2. The largest absolute Gasteiger partial charge is 0.121 e. The van der Waals surface area contributed by atoms with Crippen LogP contribution in [0.3, 0.4) is 0 Å². The van der Waals surface area contributed by atoms with E-state index in [4.69, 9.17) is 23.2 Å². The van der Waals surface area contributed by atoms with E-state index in [1.165, 1.54) is 11.1 Å². The van der Waals surface area contributed by atoms with Gasteiger partial charge in [0, 0.05) is 5.41 Å². The molecule has 2 unspecified atom stereocenters. The van der Waals surface area contributed by atoms with Gasteiger partial charge in [0.25, 0.3) is 0 Å². The highest BCUT2D eigenvalue weighted by Gasteiger charge is 2.46. The predicted octanol–water partition coefficient (Wildman–Crippen LogP) is 5.37. The summed E-state index contributed by atoms with van der Waals surface area (Å²) in [7, 11) is 0. The maximum Gasteiger partial charge on any atom is 0.0636 e. The molecule has 0 heterocycles. The summed E-state index contributed by atoms with van der Waals surface area (Å²) in [6.07, 6.45) is 3.16. The lowest BCUT2D eigenvalue weighted by molar-refractivity contribution is 0.358. The highest BCUT2D eigenvalue weighted by Crippen LogP contribution is 2.48. The normalized spacial score (nSPS) is 25.3. The number of rotatable bonds is 2. The van der Waals surface area contributed by atoms with Gasteiger partial charge in [0.05, 0.1) is 10.8 Å². The van der Waals surface area contributed by atoms with Crippen molar-refractivity contribution in [3.05, 3.63) is 71.8 Å². The molecule has 0 radical (unpaired) electrons.